The molecule has 0 unspecified atom stereocenters. The van der Waals surface area contributed by atoms with Gasteiger partial charge in [-0.1, -0.05) is 29.8 Å². The van der Waals surface area contributed by atoms with Crippen LogP contribution < -0.4 is 5.32 Å². The molecule has 0 saturated heterocycles. The third kappa shape index (κ3) is 2.42. The van der Waals surface area contributed by atoms with E-state index >= 15 is 0 Å². The van der Waals surface area contributed by atoms with Crippen molar-refractivity contribution in [2.24, 2.45) is 0 Å². The summed E-state index contributed by atoms with van der Waals surface area (Å²) in [5.74, 6) is 0.875. The average Bonchev–Trinajstić information content (AvgIpc) is 2.81. The Hall–Kier alpha value is -2.00. The fourth-order valence-corrected chi connectivity index (χ4v) is 2.31. The van der Waals surface area contributed by atoms with Gasteiger partial charge in [-0.05, 0) is 30.7 Å². The zero-order valence-corrected chi connectivity index (χ0v) is 11.2. The lowest BCUT2D eigenvalue weighted by molar-refractivity contribution is 0.559. The number of halogens is 1. The smallest absolute Gasteiger partial charge is 0.152 e. The number of anilines is 1. The molecule has 0 fully saturated rings. The number of nitrogens with zero attached hydrogens (tertiary/aromatic N) is 1. The van der Waals surface area contributed by atoms with Crippen LogP contribution in [0.5, 0.6) is 0 Å². The van der Waals surface area contributed by atoms with E-state index < -0.39 is 0 Å². The number of aromatic nitrogens is 1. The van der Waals surface area contributed by atoms with Crippen LogP contribution in [0.3, 0.4) is 0 Å². The SMILES string of the molecule is Cc1ccnc(Cl)c1NCc1cc2ccccc2o1. The van der Waals surface area contributed by atoms with Crippen molar-refractivity contribution < 1.29 is 4.42 Å². The first-order valence-corrected chi connectivity index (χ1v) is 6.44. The normalized spacial score (nSPS) is 10.8. The lowest BCUT2D eigenvalue weighted by Gasteiger charge is -2.08. The van der Waals surface area contributed by atoms with E-state index in [9.17, 15) is 0 Å². The number of para-hydroxylation sites is 1. The average molecular weight is 273 g/mol. The zero-order chi connectivity index (χ0) is 13.2. The van der Waals surface area contributed by atoms with Gasteiger partial charge in [0.05, 0.1) is 12.2 Å². The Balaban J connectivity index is 1.82. The maximum Gasteiger partial charge on any atom is 0.152 e. The van der Waals surface area contributed by atoms with Crippen LogP contribution >= 0.6 is 11.6 Å². The molecule has 0 atom stereocenters. The van der Waals surface area contributed by atoms with E-state index in [0.717, 1.165) is 28.0 Å². The number of hydrogen-bond donors (Lipinski definition) is 1. The van der Waals surface area contributed by atoms with Crippen molar-refractivity contribution in [2.75, 3.05) is 5.32 Å². The van der Waals surface area contributed by atoms with Crippen LogP contribution in [0.15, 0.2) is 47.0 Å². The van der Waals surface area contributed by atoms with E-state index in [1.807, 2.05) is 43.3 Å². The van der Waals surface area contributed by atoms with Crippen LogP contribution in [0.25, 0.3) is 11.0 Å². The highest BCUT2D eigenvalue weighted by atomic mass is 35.5. The summed E-state index contributed by atoms with van der Waals surface area (Å²) in [5.41, 5.74) is 2.81. The third-order valence-electron chi connectivity index (χ3n) is 3.03. The fraction of sp³-hybridized carbons (Fsp3) is 0.133. The molecular formula is C15H13ClN2O. The number of benzene rings is 1. The molecule has 96 valence electrons. The van der Waals surface area contributed by atoms with E-state index in [4.69, 9.17) is 16.0 Å². The summed E-state index contributed by atoms with van der Waals surface area (Å²) >= 11 is 6.07. The maximum absolute atomic E-state index is 6.07. The number of aryl methyl sites for hydroxylation is 1. The quantitative estimate of drug-likeness (QED) is 0.718. The Bertz CT molecular complexity index is 668. The largest absolute Gasteiger partial charge is 0.459 e. The third-order valence-corrected chi connectivity index (χ3v) is 3.32. The number of hydrogen-bond acceptors (Lipinski definition) is 3. The molecule has 0 amide bonds. The summed E-state index contributed by atoms with van der Waals surface area (Å²) in [6, 6.07) is 11.9. The Labute approximate surface area is 116 Å². The summed E-state index contributed by atoms with van der Waals surface area (Å²) in [5, 5.41) is 4.86. The van der Waals surface area contributed by atoms with Gasteiger partial charge in [-0.15, -0.1) is 0 Å². The second-order valence-corrected chi connectivity index (χ2v) is 4.76. The standard InChI is InChI=1S/C15H13ClN2O/c1-10-6-7-17-15(16)14(10)18-9-12-8-11-4-2-3-5-13(11)19-12/h2-8,18H,9H2,1H3. The summed E-state index contributed by atoms with van der Waals surface area (Å²) < 4.78 is 5.74. The van der Waals surface area contributed by atoms with Crippen LogP contribution in [0.1, 0.15) is 11.3 Å². The molecule has 2 heterocycles. The van der Waals surface area contributed by atoms with Gasteiger partial charge < -0.3 is 9.73 Å². The molecule has 1 aromatic carbocycles. The summed E-state index contributed by atoms with van der Waals surface area (Å²) in [6.07, 6.45) is 1.70. The van der Waals surface area contributed by atoms with Gasteiger partial charge >= 0.3 is 0 Å². The minimum atomic E-state index is 0.483. The molecule has 0 spiro atoms. The van der Waals surface area contributed by atoms with Crippen molar-refractivity contribution in [3.8, 4) is 0 Å². The first-order chi connectivity index (χ1) is 9.24. The molecular weight excluding hydrogens is 260 g/mol. The molecule has 0 saturated carbocycles. The molecule has 0 aliphatic carbocycles. The molecule has 1 N–H and O–H groups in total. The zero-order valence-electron chi connectivity index (χ0n) is 10.5. The number of fused-ring (bicyclic) bond motifs is 1. The molecule has 0 aliphatic heterocycles. The van der Waals surface area contributed by atoms with Crippen molar-refractivity contribution in [1.29, 1.82) is 0 Å². The predicted molar refractivity (Wildman–Crippen MR) is 77.5 cm³/mol. The number of rotatable bonds is 3. The van der Waals surface area contributed by atoms with Crippen molar-refractivity contribution in [3.63, 3.8) is 0 Å². The molecule has 19 heavy (non-hydrogen) atoms. The van der Waals surface area contributed by atoms with Crippen molar-refractivity contribution in [2.45, 2.75) is 13.5 Å². The predicted octanol–water partition coefficient (Wildman–Crippen LogP) is 4.40. The number of furan rings is 1. The maximum atomic E-state index is 6.07. The highest BCUT2D eigenvalue weighted by Gasteiger charge is 2.07. The highest BCUT2D eigenvalue weighted by Crippen LogP contribution is 2.25. The molecule has 2 aromatic heterocycles. The van der Waals surface area contributed by atoms with Crippen LogP contribution in [-0.2, 0) is 6.54 Å². The van der Waals surface area contributed by atoms with Crippen LogP contribution in [0.2, 0.25) is 5.15 Å². The Morgan fingerprint density at radius 2 is 2.11 bits per heavy atom. The van der Waals surface area contributed by atoms with E-state index in [1.54, 1.807) is 6.20 Å². The molecule has 0 bridgehead atoms. The summed E-state index contributed by atoms with van der Waals surface area (Å²) in [7, 11) is 0. The van der Waals surface area contributed by atoms with Gasteiger partial charge in [-0.3, -0.25) is 0 Å². The lowest BCUT2D eigenvalue weighted by atomic mass is 10.2. The summed E-state index contributed by atoms with van der Waals surface area (Å²) in [6.45, 7) is 2.58. The lowest BCUT2D eigenvalue weighted by Crippen LogP contribution is -2.01. The molecule has 3 nitrogen and oxygen atoms in total. The fourth-order valence-electron chi connectivity index (χ4n) is 2.04. The van der Waals surface area contributed by atoms with Gasteiger partial charge in [0.25, 0.3) is 0 Å². The first-order valence-electron chi connectivity index (χ1n) is 6.06. The van der Waals surface area contributed by atoms with Gasteiger partial charge in [-0.2, -0.15) is 0 Å². The molecule has 4 heteroatoms. The van der Waals surface area contributed by atoms with Crippen molar-refractivity contribution >= 4 is 28.3 Å². The van der Waals surface area contributed by atoms with Crippen molar-refractivity contribution in [1.82, 2.24) is 4.98 Å². The minimum absolute atomic E-state index is 0.483. The Morgan fingerprint density at radius 1 is 1.26 bits per heavy atom. The van der Waals surface area contributed by atoms with Gasteiger partial charge in [-0.25, -0.2) is 4.98 Å². The van der Waals surface area contributed by atoms with Gasteiger partial charge in [0.15, 0.2) is 5.15 Å². The second-order valence-electron chi connectivity index (χ2n) is 4.40. The van der Waals surface area contributed by atoms with E-state index in [-0.39, 0.29) is 0 Å². The highest BCUT2D eigenvalue weighted by molar-refractivity contribution is 6.32. The van der Waals surface area contributed by atoms with Crippen LogP contribution in [0.4, 0.5) is 5.69 Å². The topological polar surface area (TPSA) is 38.1 Å². The first kappa shape index (κ1) is 12.1. The Kier molecular flexibility index (Phi) is 3.13. The number of nitrogens with one attached hydrogen (secondary N) is 1. The van der Waals surface area contributed by atoms with Gasteiger partial charge in [0, 0.05) is 11.6 Å². The molecule has 0 radical (unpaired) electrons. The monoisotopic (exact) mass is 272 g/mol. The second kappa shape index (κ2) is 4.94. The van der Waals surface area contributed by atoms with Crippen LogP contribution in [-0.4, -0.2) is 4.98 Å². The Morgan fingerprint density at radius 3 is 2.89 bits per heavy atom. The van der Waals surface area contributed by atoms with Crippen LogP contribution in [0, 0.1) is 6.92 Å². The van der Waals surface area contributed by atoms with Gasteiger partial charge in [0.2, 0.25) is 0 Å². The summed E-state index contributed by atoms with van der Waals surface area (Å²) in [4.78, 5) is 4.07. The number of pyridine rings is 1. The van der Waals surface area contributed by atoms with Gasteiger partial charge in [0.1, 0.15) is 11.3 Å². The molecule has 3 rings (SSSR count). The minimum Gasteiger partial charge on any atom is -0.459 e. The van der Waals surface area contributed by atoms with E-state index in [0.29, 0.717) is 11.7 Å². The van der Waals surface area contributed by atoms with E-state index in [2.05, 4.69) is 10.3 Å². The van der Waals surface area contributed by atoms with Crippen molar-refractivity contribution in [3.05, 3.63) is 59.1 Å². The molecule has 0 aliphatic rings. The molecule has 3 aromatic rings. The van der Waals surface area contributed by atoms with E-state index in [1.165, 1.54) is 0 Å².